The first-order chi connectivity index (χ1) is 12.0. The Balaban J connectivity index is 1.84. The highest BCUT2D eigenvalue weighted by Crippen LogP contribution is 2.41. The standard InChI is InChI=1S/C21H26N4/c1-15-5-6-18-17(13-15)20-19(8-11-24(4)21(20,2)3)25(18)12-7-16-14-22-9-10-23-16/h5-6,9-10,13-14H,7-8,11-12H2,1-4H3. The van der Waals surface area contributed by atoms with Crippen molar-refractivity contribution < 1.29 is 0 Å². The van der Waals surface area contributed by atoms with Crippen LogP contribution in [0.25, 0.3) is 10.9 Å². The number of nitrogens with zero attached hydrogens (tertiary/aromatic N) is 4. The van der Waals surface area contributed by atoms with Crippen LogP contribution in [0.1, 0.15) is 36.4 Å². The molecule has 0 saturated carbocycles. The van der Waals surface area contributed by atoms with Gasteiger partial charge < -0.3 is 4.57 Å². The largest absolute Gasteiger partial charge is 0.344 e. The lowest BCUT2D eigenvalue weighted by Crippen LogP contribution is -2.44. The first-order valence-corrected chi connectivity index (χ1v) is 9.07. The topological polar surface area (TPSA) is 34.0 Å². The Hall–Kier alpha value is -2.20. The zero-order chi connectivity index (χ0) is 17.6. The maximum Gasteiger partial charge on any atom is 0.0604 e. The smallest absolute Gasteiger partial charge is 0.0604 e. The Morgan fingerprint density at radius 3 is 2.80 bits per heavy atom. The summed E-state index contributed by atoms with van der Waals surface area (Å²) < 4.78 is 2.52. The number of rotatable bonds is 3. The highest BCUT2D eigenvalue weighted by Gasteiger charge is 2.36. The molecule has 0 N–H and O–H groups in total. The maximum absolute atomic E-state index is 4.44. The molecule has 4 rings (SSSR count). The van der Waals surface area contributed by atoms with Crippen LogP contribution in [0.15, 0.2) is 36.8 Å². The summed E-state index contributed by atoms with van der Waals surface area (Å²) in [5, 5.41) is 1.41. The van der Waals surface area contributed by atoms with Gasteiger partial charge in [0.25, 0.3) is 0 Å². The normalized spacial score (nSPS) is 17.0. The second kappa shape index (κ2) is 5.95. The van der Waals surface area contributed by atoms with Gasteiger partial charge in [0, 0.05) is 72.2 Å². The summed E-state index contributed by atoms with van der Waals surface area (Å²) in [7, 11) is 2.24. The van der Waals surface area contributed by atoms with Crippen molar-refractivity contribution in [3.05, 3.63) is 59.3 Å². The monoisotopic (exact) mass is 334 g/mol. The molecule has 0 fully saturated rings. The van der Waals surface area contributed by atoms with E-state index >= 15 is 0 Å². The van der Waals surface area contributed by atoms with Crippen molar-refractivity contribution in [2.45, 2.75) is 45.7 Å². The third-order valence-corrected chi connectivity index (χ3v) is 5.78. The molecule has 0 atom stereocenters. The minimum atomic E-state index is 0.0530. The van der Waals surface area contributed by atoms with E-state index < -0.39 is 0 Å². The van der Waals surface area contributed by atoms with E-state index in [0.29, 0.717) is 0 Å². The van der Waals surface area contributed by atoms with Gasteiger partial charge in [-0.15, -0.1) is 0 Å². The number of aromatic nitrogens is 3. The minimum Gasteiger partial charge on any atom is -0.344 e. The molecule has 130 valence electrons. The third-order valence-electron chi connectivity index (χ3n) is 5.78. The van der Waals surface area contributed by atoms with E-state index in [9.17, 15) is 0 Å². The zero-order valence-corrected chi connectivity index (χ0v) is 15.6. The lowest BCUT2D eigenvalue weighted by molar-refractivity contribution is 0.143. The van der Waals surface area contributed by atoms with Gasteiger partial charge in [0.2, 0.25) is 0 Å². The van der Waals surface area contributed by atoms with Crippen molar-refractivity contribution in [1.82, 2.24) is 19.4 Å². The minimum absolute atomic E-state index is 0.0530. The third kappa shape index (κ3) is 2.65. The first kappa shape index (κ1) is 16.3. The fourth-order valence-corrected chi connectivity index (χ4v) is 4.15. The molecular formula is C21H26N4. The van der Waals surface area contributed by atoms with Gasteiger partial charge in [-0.1, -0.05) is 11.6 Å². The van der Waals surface area contributed by atoms with Crippen LogP contribution in [0, 0.1) is 6.92 Å². The number of hydrogen-bond acceptors (Lipinski definition) is 3. The fraction of sp³-hybridized carbons (Fsp3) is 0.429. The van der Waals surface area contributed by atoms with E-state index in [-0.39, 0.29) is 5.54 Å². The summed E-state index contributed by atoms with van der Waals surface area (Å²) in [4.78, 5) is 11.1. The average Bonchev–Trinajstić information content (AvgIpc) is 2.91. The van der Waals surface area contributed by atoms with E-state index in [1.54, 1.807) is 12.4 Å². The Bertz CT molecular complexity index is 909. The van der Waals surface area contributed by atoms with E-state index in [2.05, 4.69) is 65.5 Å². The van der Waals surface area contributed by atoms with Gasteiger partial charge in [0.05, 0.1) is 5.69 Å². The molecule has 1 aliphatic heterocycles. The Kier molecular flexibility index (Phi) is 3.88. The predicted molar refractivity (Wildman–Crippen MR) is 102 cm³/mol. The van der Waals surface area contributed by atoms with Gasteiger partial charge in [0.15, 0.2) is 0 Å². The molecule has 0 spiro atoms. The quantitative estimate of drug-likeness (QED) is 0.732. The van der Waals surface area contributed by atoms with E-state index in [4.69, 9.17) is 0 Å². The predicted octanol–water partition coefficient (Wildman–Crippen LogP) is 3.71. The van der Waals surface area contributed by atoms with Gasteiger partial charge in [-0.2, -0.15) is 0 Å². The molecule has 4 nitrogen and oxygen atoms in total. The number of aryl methyl sites for hydroxylation is 3. The number of likely N-dealkylation sites (N-methyl/N-ethyl adjacent to an activating group) is 1. The van der Waals surface area contributed by atoms with Crippen molar-refractivity contribution in [2.75, 3.05) is 13.6 Å². The number of fused-ring (bicyclic) bond motifs is 3. The van der Waals surface area contributed by atoms with Crippen molar-refractivity contribution in [1.29, 1.82) is 0 Å². The Morgan fingerprint density at radius 2 is 2.04 bits per heavy atom. The van der Waals surface area contributed by atoms with Gasteiger partial charge in [-0.05, 0) is 40.0 Å². The molecule has 0 radical (unpaired) electrons. The van der Waals surface area contributed by atoms with Crippen LogP contribution in [-0.4, -0.2) is 33.0 Å². The van der Waals surface area contributed by atoms with Gasteiger partial charge >= 0.3 is 0 Å². The molecule has 25 heavy (non-hydrogen) atoms. The molecule has 0 bridgehead atoms. The zero-order valence-electron chi connectivity index (χ0n) is 15.6. The van der Waals surface area contributed by atoms with Crippen molar-refractivity contribution in [2.24, 2.45) is 0 Å². The average molecular weight is 334 g/mol. The van der Waals surface area contributed by atoms with Crippen LogP contribution in [0.2, 0.25) is 0 Å². The van der Waals surface area contributed by atoms with Gasteiger partial charge in [0.1, 0.15) is 0 Å². The van der Waals surface area contributed by atoms with E-state index in [1.165, 1.54) is 27.7 Å². The van der Waals surface area contributed by atoms with Crippen LogP contribution in [0.4, 0.5) is 0 Å². The SMILES string of the molecule is Cc1ccc2c(c1)c1c(n2CCc2cnccn2)CCN(C)C1(C)C. The first-order valence-electron chi connectivity index (χ1n) is 9.07. The molecular weight excluding hydrogens is 308 g/mol. The second-order valence-corrected chi connectivity index (χ2v) is 7.67. The van der Waals surface area contributed by atoms with Crippen LogP contribution in [-0.2, 0) is 24.9 Å². The van der Waals surface area contributed by atoms with Gasteiger partial charge in [-0.25, -0.2) is 0 Å². The maximum atomic E-state index is 4.44. The van der Waals surface area contributed by atoms with Crippen molar-refractivity contribution in [3.63, 3.8) is 0 Å². The molecule has 2 aromatic heterocycles. The van der Waals surface area contributed by atoms with Gasteiger partial charge in [-0.3, -0.25) is 14.9 Å². The summed E-state index contributed by atoms with van der Waals surface area (Å²) in [6.45, 7) is 8.93. The van der Waals surface area contributed by atoms with Crippen LogP contribution < -0.4 is 0 Å². The van der Waals surface area contributed by atoms with E-state index in [0.717, 1.165) is 31.6 Å². The molecule has 3 heterocycles. The second-order valence-electron chi connectivity index (χ2n) is 7.67. The summed E-state index contributed by atoms with van der Waals surface area (Å²) in [6, 6.07) is 6.87. The number of benzene rings is 1. The highest BCUT2D eigenvalue weighted by atomic mass is 15.2. The molecule has 0 amide bonds. The lowest BCUT2D eigenvalue weighted by Gasteiger charge is -2.40. The van der Waals surface area contributed by atoms with Crippen LogP contribution >= 0.6 is 0 Å². The lowest BCUT2D eigenvalue weighted by atomic mass is 9.85. The summed E-state index contributed by atoms with van der Waals surface area (Å²) in [5.74, 6) is 0. The van der Waals surface area contributed by atoms with Crippen LogP contribution in [0.5, 0.6) is 0 Å². The molecule has 4 heteroatoms. The Labute approximate surface area is 149 Å². The van der Waals surface area contributed by atoms with Crippen LogP contribution in [0.3, 0.4) is 0 Å². The van der Waals surface area contributed by atoms with E-state index in [1.807, 2.05) is 6.20 Å². The molecule has 0 aliphatic carbocycles. The number of hydrogen-bond donors (Lipinski definition) is 0. The summed E-state index contributed by atoms with van der Waals surface area (Å²) >= 11 is 0. The molecule has 3 aromatic rings. The molecule has 1 aromatic carbocycles. The Morgan fingerprint density at radius 1 is 1.20 bits per heavy atom. The van der Waals surface area contributed by atoms with Crippen molar-refractivity contribution in [3.8, 4) is 0 Å². The highest BCUT2D eigenvalue weighted by molar-refractivity contribution is 5.87. The molecule has 0 unspecified atom stereocenters. The summed E-state index contributed by atoms with van der Waals surface area (Å²) in [6.07, 6.45) is 7.40. The molecule has 1 aliphatic rings. The summed E-state index contributed by atoms with van der Waals surface area (Å²) in [5.41, 5.74) is 6.77. The molecule has 0 saturated heterocycles. The van der Waals surface area contributed by atoms with Crippen molar-refractivity contribution >= 4 is 10.9 Å². The fourth-order valence-electron chi connectivity index (χ4n) is 4.15.